The number of benzene rings is 1. The normalized spacial score (nSPS) is 9.40. The Kier molecular flexibility index (Phi) is 5.60. The fraction of sp³-hybridized carbons (Fsp3) is 0. The Morgan fingerprint density at radius 2 is 1.05 bits per heavy atom. The molecule has 102 valence electrons. The number of amides is 2. The molecular weight excluding hydrogens is 354 g/mol. The van der Waals surface area contributed by atoms with E-state index >= 15 is 0 Å². The molecule has 0 atom stereocenters. The number of rotatable bonds is 2. The molecular formula is C10Cl4N2O4. The molecule has 1 rings (SSSR count). The van der Waals surface area contributed by atoms with Gasteiger partial charge in [0.15, 0.2) is 0 Å². The van der Waals surface area contributed by atoms with Crippen LogP contribution in [0.15, 0.2) is 9.98 Å². The van der Waals surface area contributed by atoms with Crippen molar-refractivity contribution in [3.8, 4) is 0 Å². The van der Waals surface area contributed by atoms with Gasteiger partial charge in [0.25, 0.3) is 11.8 Å². The predicted molar refractivity (Wildman–Crippen MR) is 71.4 cm³/mol. The van der Waals surface area contributed by atoms with E-state index in [-0.39, 0.29) is 5.02 Å². The van der Waals surface area contributed by atoms with Crippen LogP contribution < -0.4 is 0 Å². The SMILES string of the molecule is O=C=NC(=O)c1c(Cl)c(Cl)c(Cl)c(C(=O)N=C=O)c1Cl. The van der Waals surface area contributed by atoms with Gasteiger partial charge in [-0.25, -0.2) is 9.59 Å². The van der Waals surface area contributed by atoms with E-state index in [9.17, 15) is 19.2 Å². The maximum absolute atomic E-state index is 11.6. The average Bonchev–Trinajstić information content (AvgIpc) is 2.37. The minimum absolute atomic E-state index is 0.383. The van der Waals surface area contributed by atoms with Crippen LogP contribution in [0.2, 0.25) is 20.1 Å². The summed E-state index contributed by atoms with van der Waals surface area (Å²) >= 11 is 23.1. The monoisotopic (exact) mass is 352 g/mol. The topological polar surface area (TPSA) is 93.0 Å². The second-order valence-corrected chi connectivity index (χ2v) is 4.53. The fourth-order valence-corrected chi connectivity index (χ4v) is 2.43. The first kappa shape index (κ1) is 16.5. The Labute approximate surface area is 131 Å². The summed E-state index contributed by atoms with van der Waals surface area (Å²) in [6, 6.07) is 0. The van der Waals surface area contributed by atoms with E-state index in [1.54, 1.807) is 0 Å². The molecule has 0 bridgehead atoms. The Bertz CT molecular complexity index is 661. The lowest BCUT2D eigenvalue weighted by Crippen LogP contribution is -2.06. The van der Waals surface area contributed by atoms with Crippen LogP contribution in [0.1, 0.15) is 20.7 Å². The van der Waals surface area contributed by atoms with E-state index in [4.69, 9.17) is 46.4 Å². The van der Waals surface area contributed by atoms with Crippen LogP contribution in [0.4, 0.5) is 0 Å². The first-order valence-corrected chi connectivity index (χ1v) is 5.98. The van der Waals surface area contributed by atoms with Crippen molar-refractivity contribution in [3.63, 3.8) is 0 Å². The number of carbonyl (C=O) groups is 2. The molecule has 6 nitrogen and oxygen atoms in total. The van der Waals surface area contributed by atoms with E-state index < -0.39 is 38.0 Å². The molecule has 1 aromatic carbocycles. The van der Waals surface area contributed by atoms with Crippen molar-refractivity contribution in [3.05, 3.63) is 31.2 Å². The molecule has 0 aromatic heterocycles. The third kappa shape index (κ3) is 2.97. The summed E-state index contributed by atoms with van der Waals surface area (Å²) in [5.74, 6) is -2.37. The van der Waals surface area contributed by atoms with Gasteiger partial charge in [-0.3, -0.25) is 9.59 Å². The molecule has 0 saturated carbocycles. The third-order valence-electron chi connectivity index (χ3n) is 1.99. The lowest BCUT2D eigenvalue weighted by Gasteiger charge is -2.10. The zero-order valence-electron chi connectivity index (χ0n) is 9.04. The number of hydrogen-bond acceptors (Lipinski definition) is 4. The molecule has 0 aliphatic rings. The summed E-state index contributed by atoms with van der Waals surface area (Å²) in [7, 11) is 0. The van der Waals surface area contributed by atoms with Gasteiger partial charge in [-0.1, -0.05) is 46.4 Å². The summed E-state index contributed by atoms with van der Waals surface area (Å²) in [5.41, 5.74) is -1.06. The minimum Gasteiger partial charge on any atom is -0.266 e. The molecule has 0 aliphatic carbocycles. The molecule has 0 spiro atoms. The largest absolute Gasteiger partial charge is 0.290 e. The van der Waals surface area contributed by atoms with Crippen LogP contribution in [0, 0.1) is 0 Å². The molecule has 0 unspecified atom stereocenters. The van der Waals surface area contributed by atoms with E-state index in [1.165, 1.54) is 0 Å². The summed E-state index contributed by atoms with van der Waals surface area (Å²) in [5, 5.41) is -1.74. The van der Waals surface area contributed by atoms with Crippen LogP contribution >= 0.6 is 46.4 Å². The van der Waals surface area contributed by atoms with Crippen molar-refractivity contribution in [1.29, 1.82) is 0 Å². The van der Waals surface area contributed by atoms with Gasteiger partial charge < -0.3 is 0 Å². The zero-order valence-corrected chi connectivity index (χ0v) is 12.1. The maximum Gasteiger partial charge on any atom is 0.290 e. The van der Waals surface area contributed by atoms with Crippen molar-refractivity contribution in [2.75, 3.05) is 0 Å². The number of halogens is 4. The number of isocyanates is 2. The number of aliphatic imine (C=N–C) groups is 2. The van der Waals surface area contributed by atoms with Crippen LogP contribution in [0.3, 0.4) is 0 Å². The summed E-state index contributed by atoms with van der Waals surface area (Å²) in [4.78, 5) is 48.9. The maximum atomic E-state index is 11.6. The lowest BCUT2D eigenvalue weighted by atomic mass is 10.1. The highest BCUT2D eigenvalue weighted by atomic mass is 35.5. The summed E-state index contributed by atoms with van der Waals surface area (Å²) in [6.07, 6.45) is 1.98. The standard InChI is InChI=1S/C10Cl4N2O4/c11-5-3(9(19)15-1-17)6(12)8(14)7(13)4(5)10(20)16-2-18. The third-order valence-corrected chi connectivity index (χ3v) is 3.69. The van der Waals surface area contributed by atoms with Crippen LogP contribution in [0.25, 0.3) is 0 Å². The quantitative estimate of drug-likeness (QED) is 0.353. The summed E-state index contributed by atoms with van der Waals surface area (Å²) in [6.45, 7) is 0. The van der Waals surface area contributed by atoms with Gasteiger partial charge >= 0.3 is 0 Å². The predicted octanol–water partition coefficient (Wildman–Crippen LogP) is 3.25. The Morgan fingerprint density at radius 1 is 0.700 bits per heavy atom. The lowest BCUT2D eigenvalue weighted by molar-refractivity contribution is 0.100. The molecule has 10 heteroatoms. The van der Waals surface area contributed by atoms with E-state index in [2.05, 4.69) is 9.98 Å². The zero-order chi connectivity index (χ0) is 15.4. The van der Waals surface area contributed by atoms with Gasteiger partial charge in [-0.15, -0.1) is 9.98 Å². The second-order valence-electron chi connectivity index (χ2n) is 3.02. The highest BCUT2D eigenvalue weighted by Crippen LogP contribution is 2.41. The molecule has 20 heavy (non-hydrogen) atoms. The van der Waals surface area contributed by atoms with Crippen molar-refractivity contribution in [2.24, 2.45) is 9.98 Å². The van der Waals surface area contributed by atoms with Gasteiger partial charge in [-0.2, -0.15) is 0 Å². The molecule has 0 N–H and O–H groups in total. The Balaban J connectivity index is 3.80. The van der Waals surface area contributed by atoms with E-state index in [0.29, 0.717) is 0 Å². The molecule has 0 radical (unpaired) electrons. The molecule has 1 aromatic rings. The van der Waals surface area contributed by atoms with Crippen LogP contribution in [0.5, 0.6) is 0 Å². The van der Waals surface area contributed by atoms with Crippen molar-refractivity contribution < 1.29 is 19.2 Å². The first-order chi connectivity index (χ1) is 9.36. The van der Waals surface area contributed by atoms with Crippen molar-refractivity contribution in [1.82, 2.24) is 0 Å². The van der Waals surface area contributed by atoms with E-state index in [1.807, 2.05) is 0 Å². The fourth-order valence-electron chi connectivity index (χ4n) is 1.20. The summed E-state index contributed by atoms with van der Waals surface area (Å²) < 4.78 is 0. The number of carbonyl (C=O) groups excluding carboxylic acids is 4. The smallest absolute Gasteiger partial charge is 0.266 e. The van der Waals surface area contributed by atoms with Gasteiger partial charge in [-0.05, 0) is 0 Å². The van der Waals surface area contributed by atoms with Crippen molar-refractivity contribution in [2.45, 2.75) is 0 Å². The van der Waals surface area contributed by atoms with E-state index in [0.717, 1.165) is 12.2 Å². The van der Waals surface area contributed by atoms with Gasteiger partial charge in [0, 0.05) is 0 Å². The number of nitrogens with zero attached hydrogens (tertiary/aromatic N) is 2. The average molecular weight is 354 g/mol. The van der Waals surface area contributed by atoms with Crippen LogP contribution in [-0.4, -0.2) is 24.0 Å². The molecule has 0 aliphatic heterocycles. The minimum atomic E-state index is -1.18. The molecule has 0 fully saturated rings. The molecule has 0 saturated heterocycles. The van der Waals surface area contributed by atoms with Crippen molar-refractivity contribution >= 4 is 70.4 Å². The Hall–Kier alpha value is -1.52. The second kappa shape index (κ2) is 6.77. The first-order valence-electron chi connectivity index (χ1n) is 4.47. The highest BCUT2D eigenvalue weighted by molar-refractivity contribution is 6.53. The van der Waals surface area contributed by atoms with Crippen LogP contribution in [-0.2, 0) is 9.59 Å². The number of hydrogen-bond donors (Lipinski definition) is 0. The molecule has 0 heterocycles. The highest BCUT2D eigenvalue weighted by Gasteiger charge is 2.28. The molecule has 2 amide bonds. The van der Waals surface area contributed by atoms with Gasteiger partial charge in [0.05, 0.1) is 31.2 Å². The van der Waals surface area contributed by atoms with Gasteiger partial charge in [0.2, 0.25) is 12.2 Å². The van der Waals surface area contributed by atoms with Gasteiger partial charge in [0.1, 0.15) is 0 Å². The Morgan fingerprint density at radius 3 is 1.35 bits per heavy atom.